The van der Waals surface area contributed by atoms with Gasteiger partial charge in [0.1, 0.15) is 36.6 Å². The van der Waals surface area contributed by atoms with E-state index in [-0.39, 0.29) is 53.4 Å². The minimum absolute atomic E-state index is 0. The van der Waals surface area contributed by atoms with Crippen LogP contribution >= 0.6 is 0 Å². The van der Waals surface area contributed by atoms with Gasteiger partial charge < -0.3 is 63.9 Å². The minimum atomic E-state index is -1.61. The molecule has 2 saturated carbocycles. The number of carboxylic acid groups (broad SMARTS) is 1. The van der Waals surface area contributed by atoms with Crippen LogP contribution < -0.4 is 34.7 Å². The van der Waals surface area contributed by atoms with Crippen molar-refractivity contribution in [2.24, 2.45) is 11.8 Å². The van der Waals surface area contributed by atoms with Gasteiger partial charge in [0.15, 0.2) is 18.7 Å². The van der Waals surface area contributed by atoms with Crippen molar-refractivity contribution in [3.63, 3.8) is 0 Å². The predicted octanol–water partition coefficient (Wildman–Crippen LogP) is -2.81. The minimum Gasteiger partial charge on any atom is -0.547 e. The zero-order valence-electron chi connectivity index (χ0n) is 29.0. The fraction of sp³-hybridized carbons (Fsp3) is 0.771. The van der Waals surface area contributed by atoms with Crippen LogP contribution in [0.1, 0.15) is 82.0 Å². The van der Waals surface area contributed by atoms with Crippen LogP contribution in [0.15, 0.2) is 30.3 Å². The van der Waals surface area contributed by atoms with Crippen molar-refractivity contribution >= 4 is 11.9 Å². The Hall–Kier alpha value is -1.24. The number of aliphatic carboxylic acids is 1. The largest absolute Gasteiger partial charge is 1.00 e. The summed E-state index contributed by atoms with van der Waals surface area (Å²) in [4.78, 5) is 25.8. The molecule has 0 unspecified atom stereocenters. The molecule has 0 spiro atoms. The van der Waals surface area contributed by atoms with Crippen molar-refractivity contribution < 1.29 is 98.2 Å². The van der Waals surface area contributed by atoms with Gasteiger partial charge in [0, 0.05) is 0 Å². The molecule has 276 valence electrons. The molecule has 14 nitrogen and oxygen atoms in total. The van der Waals surface area contributed by atoms with Gasteiger partial charge in [-0.05, 0) is 50.2 Å². The Labute approximate surface area is 314 Å². The normalized spacial score (nSPS) is 38.8. The maximum absolute atomic E-state index is 13.4. The molecule has 15 heteroatoms. The first-order valence-corrected chi connectivity index (χ1v) is 17.6. The number of rotatable bonds is 12. The van der Waals surface area contributed by atoms with Crippen LogP contribution in [0.2, 0.25) is 0 Å². The Morgan fingerprint density at radius 3 is 2.18 bits per heavy atom. The number of benzene rings is 1. The van der Waals surface area contributed by atoms with E-state index in [2.05, 4.69) is 0 Å². The number of carboxylic acids is 1. The van der Waals surface area contributed by atoms with Crippen LogP contribution in [0.3, 0.4) is 0 Å². The molecule has 4 fully saturated rings. The monoisotopic (exact) mass is 718 g/mol. The van der Waals surface area contributed by atoms with Crippen molar-refractivity contribution in [1.82, 2.24) is 0 Å². The van der Waals surface area contributed by atoms with E-state index in [4.69, 9.17) is 28.4 Å². The van der Waals surface area contributed by atoms with Crippen LogP contribution in [-0.2, 0) is 33.2 Å². The number of aliphatic hydroxyl groups is 5. The van der Waals surface area contributed by atoms with Gasteiger partial charge in [-0.1, -0.05) is 63.6 Å². The topological polar surface area (TPSA) is 214 Å². The average Bonchev–Trinajstić information content (AvgIpc) is 3.10. The first-order chi connectivity index (χ1) is 23.5. The summed E-state index contributed by atoms with van der Waals surface area (Å²) in [6.07, 6.45) is -10.1. The summed E-state index contributed by atoms with van der Waals surface area (Å²) < 4.78 is 36.4. The fourth-order valence-corrected chi connectivity index (χ4v) is 7.48. The van der Waals surface area contributed by atoms with Gasteiger partial charge in [-0.25, -0.2) is 4.79 Å². The molecule has 0 amide bonds. The number of esters is 1. The first-order valence-electron chi connectivity index (χ1n) is 17.6. The van der Waals surface area contributed by atoms with Gasteiger partial charge in [-0.2, -0.15) is 0 Å². The summed E-state index contributed by atoms with van der Waals surface area (Å²) in [5, 5.41) is 65.2. The number of aliphatic hydroxyl groups excluding tert-OH is 5. The Balaban J connectivity index is 0.00000562. The molecular weight excluding hydrogens is 667 g/mol. The van der Waals surface area contributed by atoms with E-state index in [0.29, 0.717) is 12.8 Å². The third-order valence-electron chi connectivity index (χ3n) is 10.4. The van der Waals surface area contributed by atoms with Gasteiger partial charge in [0.2, 0.25) is 0 Å². The van der Waals surface area contributed by atoms with E-state index in [1.54, 1.807) is 25.1 Å². The quantitative estimate of drug-likeness (QED) is 0.109. The Bertz CT molecular complexity index is 1200. The number of hydrogen-bond acceptors (Lipinski definition) is 14. The van der Waals surface area contributed by atoms with Crippen LogP contribution in [-0.4, -0.2) is 124 Å². The van der Waals surface area contributed by atoms with E-state index in [1.807, 2.05) is 6.92 Å². The maximum Gasteiger partial charge on any atom is 1.00 e. The van der Waals surface area contributed by atoms with Crippen molar-refractivity contribution in [2.45, 2.75) is 151 Å². The third-order valence-corrected chi connectivity index (χ3v) is 10.4. The van der Waals surface area contributed by atoms with Gasteiger partial charge in [-0.15, -0.1) is 0 Å². The van der Waals surface area contributed by atoms with Crippen molar-refractivity contribution in [3.8, 4) is 0 Å². The molecule has 2 saturated heterocycles. The van der Waals surface area contributed by atoms with Gasteiger partial charge in [0.25, 0.3) is 0 Å². The summed E-state index contributed by atoms with van der Waals surface area (Å²) in [6.45, 7) is 2.78. The van der Waals surface area contributed by atoms with Gasteiger partial charge in [0.05, 0.1) is 42.6 Å². The summed E-state index contributed by atoms with van der Waals surface area (Å²) >= 11 is 0. The van der Waals surface area contributed by atoms with Crippen LogP contribution in [0.4, 0.5) is 0 Å². The second-order valence-electron chi connectivity index (χ2n) is 14.0. The van der Waals surface area contributed by atoms with E-state index < -0.39 is 98.3 Å². The Morgan fingerprint density at radius 2 is 1.52 bits per heavy atom. The van der Waals surface area contributed by atoms with Crippen molar-refractivity contribution in [2.75, 3.05) is 6.61 Å². The second kappa shape index (κ2) is 19.2. The molecule has 1 aromatic rings. The van der Waals surface area contributed by atoms with Crippen molar-refractivity contribution in [3.05, 3.63) is 35.9 Å². The van der Waals surface area contributed by atoms with Gasteiger partial charge >= 0.3 is 35.5 Å². The summed E-state index contributed by atoms with van der Waals surface area (Å²) in [5.74, 6) is -2.35. The summed E-state index contributed by atoms with van der Waals surface area (Å²) in [7, 11) is 0. The zero-order valence-corrected chi connectivity index (χ0v) is 31.0. The first kappa shape index (κ1) is 41.5. The Morgan fingerprint density at radius 1 is 0.820 bits per heavy atom. The Kier molecular flexibility index (Phi) is 15.9. The molecule has 5 rings (SSSR count). The summed E-state index contributed by atoms with van der Waals surface area (Å²) in [5.41, 5.74) is 0.184. The number of carbonyl (C=O) groups excluding carboxylic acids is 2. The fourth-order valence-electron chi connectivity index (χ4n) is 7.48. The molecule has 50 heavy (non-hydrogen) atoms. The molecule has 0 bridgehead atoms. The molecule has 2 heterocycles. The van der Waals surface area contributed by atoms with Crippen LogP contribution in [0, 0.1) is 11.8 Å². The molecule has 5 N–H and O–H groups in total. The molecule has 2 aliphatic heterocycles. The van der Waals surface area contributed by atoms with Crippen molar-refractivity contribution in [1.29, 1.82) is 0 Å². The van der Waals surface area contributed by atoms with Crippen LogP contribution in [0.25, 0.3) is 0 Å². The zero-order chi connectivity index (χ0) is 35.2. The predicted molar refractivity (Wildman–Crippen MR) is 167 cm³/mol. The number of hydrogen-bond donors (Lipinski definition) is 5. The molecule has 1 aromatic carbocycles. The van der Waals surface area contributed by atoms with E-state index in [0.717, 1.165) is 38.5 Å². The number of ether oxygens (including phenoxy) is 6. The van der Waals surface area contributed by atoms with E-state index in [9.17, 15) is 40.2 Å². The number of carbonyl (C=O) groups is 2. The smallest absolute Gasteiger partial charge is 0.547 e. The average molecular weight is 719 g/mol. The van der Waals surface area contributed by atoms with E-state index >= 15 is 0 Å². The molecule has 0 radical (unpaired) electrons. The standard InChI is InChI=1S/C35H52O14.Na/c1-18-10-9-15-22(29(18)49-34-28(40)27(39)25(37)19(2)44-34)46-35-31(48-33(43)21-13-7-4-8-14-21)30(26(38)24(17-36)47-35)45-23(32(41)42)16-20-11-5-3-6-12-20;/h4,7-8,13-14,18-20,22-31,34-40H,3,5-6,9-12,15-17H2,1-2H3,(H,41,42);/q;+1/p-1/t18-,19-,22+,23-,24+,25+,26-,27+,28-,29+,30-,31+,34-,35+;/m0./s1. The summed E-state index contributed by atoms with van der Waals surface area (Å²) in [6, 6.07) is 8.08. The third kappa shape index (κ3) is 10.0. The maximum atomic E-state index is 13.4. The molecular formula is C35H51NaO14. The van der Waals surface area contributed by atoms with Crippen LogP contribution in [0.5, 0.6) is 0 Å². The molecule has 0 aromatic heterocycles. The molecule has 2 aliphatic carbocycles. The molecule has 14 atom stereocenters. The van der Waals surface area contributed by atoms with E-state index in [1.165, 1.54) is 12.1 Å². The second-order valence-corrected chi connectivity index (χ2v) is 14.0. The molecule has 4 aliphatic rings. The SMILES string of the molecule is C[C@@H]1O[C@@H](O[C@@H]2[C@@H](C)CCC[C@H]2O[C@@H]2O[C@H](CO)[C@H](O)[C@H](O[C@@H](CC3CCCCC3)C(=O)[O-])[C@H]2OC(=O)c2ccccc2)[C@@H](O)[C@H](O)[C@@H]1O.[Na+]. The van der Waals surface area contributed by atoms with Gasteiger partial charge in [-0.3, -0.25) is 0 Å².